The Hall–Kier alpha value is -2.30. The maximum Gasteiger partial charge on any atom is 0.353 e. The van der Waals surface area contributed by atoms with E-state index >= 15 is 0 Å². The molecule has 17 heavy (non-hydrogen) atoms. The van der Waals surface area contributed by atoms with E-state index in [1.807, 2.05) is 24.3 Å². The van der Waals surface area contributed by atoms with Crippen LogP contribution in [0.25, 0.3) is 0 Å². The number of aromatic carboxylic acids is 1. The number of anilines is 2. The van der Waals surface area contributed by atoms with Crippen LogP contribution in [0.15, 0.2) is 30.3 Å². The van der Waals surface area contributed by atoms with Gasteiger partial charge in [0.1, 0.15) is 5.69 Å². The minimum absolute atomic E-state index is 0.0687. The van der Waals surface area contributed by atoms with Gasteiger partial charge in [0.15, 0.2) is 5.82 Å². The number of H-pyrrole nitrogens is 1. The van der Waals surface area contributed by atoms with Crippen LogP contribution >= 0.6 is 0 Å². The van der Waals surface area contributed by atoms with Crippen molar-refractivity contribution in [3.8, 4) is 0 Å². The van der Waals surface area contributed by atoms with Gasteiger partial charge >= 0.3 is 5.97 Å². The molecule has 2 rings (SSSR count). The first-order valence-corrected chi connectivity index (χ1v) is 5.33. The molecule has 1 heterocycles. The molecule has 0 atom stereocenters. The number of aryl methyl sites for hydroxylation is 1. The average molecular weight is 231 g/mol. The summed E-state index contributed by atoms with van der Waals surface area (Å²) < 4.78 is 0. The fourth-order valence-corrected chi connectivity index (χ4v) is 1.51. The molecule has 5 heteroatoms. The van der Waals surface area contributed by atoms with Crippen LogP contribution in [0.1, 0.15) is 23.0 Å². The zero-order chi connectivity index (χ0) is 12.3. The summed E-state index contributed by atoms with van der Waals surface area (Å²) in [4.78, 5) is 10.7. The van der Waals surface area contributed by atoms with Gasteiger partial charge in [-0.15, -0.1) is 0 Å². The molecule has 0 aliphatic carbocycles. The van der Waals surface area contributed by atoms with Gasteiger partial charge in [-0.05, 0) is 24.1 Å². The minimum atomic E-state index is -1.02. The number of hydrogen-bond acceptors (Lipinski definition) is 3. The summed E-state index contributed by atoms with van der Waals surface area (Å²) in [6, 6.07) is 9.37. The Morgan fingerprint density at radius 3 is 2.94 bits per heavy atom. The van der Waals surface area contributed by atoms with Crippen LogP contribution in [0.3, 0.4) is 0 Å². The van der Waals surface area contributed by atoms with Gasteiger partial charge in [0.25, 0.3) is 0 Å². The zero-order valence-electron chi connectivity index (χ0n) is 9.40. The number of benzene rings is 1. The fraction of sp³-hybridized carbons (Fsp3) is 0.167. The molecule has 0 aliphatic heterocycles. The summed E-state index contributed by atoms with van der Waals surface area (Å²) in [6.07, 6.45) is 0.955. The van der Waals surface area contributed by atoms with E-state index < -0.39 is 5.97 Å². The largest absolute Gasteiger partial charge is 0.477 e. The van der Waals surface area contributed by atoms with E-state index in [9.17, 15) is 4.79 Å². The van der Waals surface area contributed by atoms with Gasteiger partial charge in [-0.1, -0.05) is 19.1 Å². The van der Waals surface area contributed by atoms with Crippen molar-refractivity contribution in [1.82, 2.24) is 10.2 Å². The second-order valence-electron chi connectivity index (χ2n) is 3.65. The van der Waals surface area contributed by atoms with Gasteiger partial charge in [-0.2, -0.15) is 5.10 Å². The Balaban J connectivity index is 2.16. The van der Waals surface area contributed by atoms with Crippen molar-refractivity contribution in [2.24, 2.45) is 0 Å². The summed E-state index contributed by atoms with van der Waals surface area (Å²) >= 11 is 0. The smallest absolute Gasteiger partial charge is 0.353 e. The highest BCUT2D eigenvalue weighted by Gasteiger charge is 2.07. The molecule has 0 fully saturated rings. The Morgan fingerprint density at radius 1 is 1.47 bits per heavy atom. The molecule has 3 N–H and O–H groups in total. The van der Waals surface area contributed by atoms with E-state index in [0.717, 1.165) is 12.1 Å². The van der Waals surface area contributed by atoms with E-state index in [1.165, 1.54) is 11.6 Å². The highest BCUT2D eigenvalue weighted by molar-refractivity contribution is 5.86. The number of rotatable bonds is 4. The Morgan fingerprint density at radius 2 is 2.29 bits per heavy atom. The number of nitrogens with one attached hydrogen (secondary N) is 2. The van der Waals surface area contributed by atoms with Crippen molar-refractivity contribution in [1.29, 1.82) is 0 Å². The van der Waals surface area contributed by atoms with Gasteiger partial charge in [0.2, 0.25) is 0 Å². The second-order valence-corrected chi connectivity index (χ2v) is 3.65. The molecular weight excluding hydrogens is 218 g/mol. The first kappa shape index (κ1) is 11.2. The molecular formula is C12H13N3O2. The first-order chi connectivity index (χ1) is 8.19. The number of nitrogens with zero attached hydrogens (tertiary/aromatic N) is 1. The Labute approximate surface area is 98.5 Å². The molecule has 0 unspecified atom stereocenters. The third kappa shape index (κ3) is 2.63. The Kier molecular flexibility index (Phi) is 3.09. The van der Waals surface area contributed by atoms with Crippen LogP contribution in [0, 0.1) is 0 Å². The quantitative estimate of drug-likeness (QED) is 0.755. The standard InChI is InChI=1S/C12H13N3O2/c1-2-8-4-3-5-9(6-8)13-11-7-10(12(16)17)14-15-11/h3-7H,2H2,1H3,(H,16,17)(H2,13,14,15). The molecule has 0 amide bonds. The molecule has 88 valence electrons. The molecule has 1 aromatic carbocycles. The van der Waals surface area contributed by atoms with Crippen molar-refractivity contribution < 1.29 is 9.90 Å². The van der Waals surface area contributed by atoms with Gasteiger partial charge in [0, 0.05) is 11.8 Å². The summed E-state index contributed by atoms with van der Waals surface area (Å²) in [5, 5.41) is 18.1. The lowest BCUT2D eigenvalue weighted by Crippen LogP contribution is -1.95. The van der Waals surface area contributed by atoms with E-state index in [1.54, 1.807) is 0 Å². The van der Waals surface area contributed by atoms with Crippen LogP contribution < -0.4 is 5.32 Å². The number of hydrogen-bond donors (Lipinski definition) is 3. The van der Waals surface area contributed by atoms with Crippen LogP contribution in [-0.2, 0) is 6.42 Å². The lowest BCUT2D eigenvalue weighted by Gasteiger charge is -2.04. The predicted octanol–water partition coefficient (Wildman–Crippen LogP) is 2.41. The lowest BCUT2D eigenvalue weighted by molar-refractivity contribution is 0.0690. The van der Waals surface area contributed by atoms with Crippen molar-refractivity contribution in [3.63, 3.8) is 0 Å². The van der Waals surface area contributed by atoms with Crippen LogP contribution in [-0.4, -0.2) is 21.3 Å². The number of aromatic nitrogens is 2. The molecule has 5 nitrogen and oxygen atoms in total. The zero-order valence-corrected chi connectivity index (χ0v) is 9.40. The van der Waals surface area contributed by atoms with E-state index in [0.29, 0.717) is 5.82 Å². The number of aromatic amines is 1. The monoisotopic (exact) mass is 231 g/mol. The average Bonchev–Trinajstić information content (AvgIpc) is 2.78. The van der Waals surface area contributed by atoms with E-state index in [-0.39, 0.29) is 5.69 Å². The van der Waals surface area contributed by atoms with Crippen molar-refractivity contribution in [2.45, 2.75) is 13.3 Å². The SMILES string of the molecule is CCc1cccc(Nc2cc(C(=O)O)[nH]n2)c1. The fourth-order valence-electron chi connectivity index (χ4n) is 1.51. The lowest BCUT2D eigenvalue weighted by atomic mass is 10.1. The van der Waals surface area contributed by atoms with Crippen LogP contribution in [0.4, 0.5) is 11.5 Å². The van der Waals surface area contributed by atoms with Gasteiger partial charge in [0.05, 0.1) is 0 Å². The summed E-state index contributed by atoms with van der Waals surface area (Å²) in [5.41, 5.74) is 2.18. The van der Waals surface area contributed by atoms with Crippen molar-refractivity contribution in [2.75, 3.05) is 5.32 Å². The molecule has 0 saturated heterocycles. The van der Waals surface area contributed by atoms with Crippen LogP contribution in [0.5, 0.6) is 0 Å². The normalized spacial score (nSPS) is 10.2. The van der Waals surface area contributed by atoms with E-state index in [4.69, 9.17) is 5.11 Å². The third-order valence-corrected chi connectivity index (χ3v) is 2.42. The van der Waals surface area contributed by atoms with Gasteiger partial charge < -0.3 is 10.4 Å². The molecule has 0 aliphatic rings. The summed E-state index contributed by atoms with van der Waals surface area (Å²) in [6.45, 7) is 2.08. The summed E-state index contributed by atoms with van der Waals surface area (Å²) in [7, 11) is 0. The third-order valence-electron chi connectivity index (χ3n) is 2.42. The number of carboxylic acids is 1. The van der Waals surface area contributed by atoms with Gasteiger partial charge in [-0.3, -0.25) is 5.10 Å². The number of carboxylic acid groups (broad SMARTS) is 1. The maximum absolute atomic E-state index is 10.7. The summed E-state index contributed by atoms with van der Waals surface area (Å²) in [5.74, 6) is -0.525. The van der Waals surface area contributed by atoms with Gasteiger partial charge in [-0.25, -0.2) is 4.79 Å². The molecule has 1 aromatic heterocycles. The predicted molar refractivity (Wildman–Crippen MR) is 64.6 cm³/mol. The highest BCUT2D eigenvalue weighted by atomic mass is 16.4. The maximum atomic E-state index is 10.7. The van der Waals surface area contributed by atoms with E-state index in [2.05, 4.69) is 22.4 Å². The molecule has 0 bridgehead atoms. The molecule has 0 saturated carbocycles. The molecule has 0 spiro atoms. The van der Waals surface area contributed by atoms with Crippen LogP contribution in [0.2, 0.25) is 0 Å². The molecule has 2 aromatic rings. The minimum Gasteiger partial charge on any atom is -0.477 e. The Bertz CT molecular complexity index is 534. The van der Waals surface area contributed by atoms with Crippen molar-refractivity contribution in [3.05, 3.63) is 41.6 Å². The topological polar surface area (TPSA) is 78.0 Å². The number of carbonyl (C=O) groups is 1. The highest BCUT2D eigenvalue weighted by Crippen LogP contribution is 2.16. The second kappa shape index (κ2) is 4.69. The first-order valence-electron chi connectivity index (χ1n) is 5.33. The molecule has 0 radical (unpaired) electrons. The van der Waals surface area contributed by atoms with Crippen molar-refractivity contribution >= 4 is 17.5 Å².